The van der Waals surface area contributed by atoms with Gasteiger partial charge in [0, 0.05) is 18.9 Å². The van der Waals surface area contributed by atoms with Crippen molar-refractivity contribution < 1.29 is 19.1 Å². The number of carbonyl (C=O) groups is 3. The number of hydrogen-bond donors (Lipinski definition) is 0. The van der Waals surface area contributed by atoms with Gasteiger partial charge in [0.1, 0.15) is 12.6 Å². The monoisotopic (exact) mass is 366 g/mol. The smallest absolute Gasteiger partial charge is 0.262 e. The second-order valence-corrected chi connectivity index (χ2v) is 6.51. The lowest BCUT2D eigenvalue weighted by Gasteiger charge is -2.33. The third-order valence-corrected chi connectivity index (χ3v) is 4.73. The highest BCUT2D eigenvalue weighted by molar-refractivity contribution is 6.22. The van der Waals surface area contributed by atoms with Crippen molar-refractivity contribution in [1.82, 2.24) is 19.8 Å². The molecule has 0 saturated carbocycles. The minimum absolute atomic E-state index is 0.193. The van der Waals surface area contributed by atoms with Crippen LogP contribution in [0.1, 0.15) is 33.6 Å². The Bertz CT molecular complexity index is 851. The van der Waals surface area contributed by atoms with Crippen LogP contribution in [-0.4, -0.2) is 63.2 Å². The van der Waals surface area contributed by atoms with E-state index in [0.717, 1.165) is 17.7 Å². The second kappa shape index (κ2) is 7.14. The number of imide groups is 1. The summed E-state index contributed by atoms with van der Waals surface area (Å²) in [7, 11) is 0. The normalized spacial score (nSPS) is 19.2. The van der Waals surface area contributed by atoms with E-state index in [4.69, 9.17) is 4.74 Å². The predicted octanol–water partition coefficient (Wildman–Crippen LogP) is 1.14. The van der Waals surface area contributed by atoms with Gasteiger partial charge in [0.05, 0.1) is 23.9 Å². The quantitative estimate of drug-likeness (QED) is 0.754. The first-order valence-corrected chi connectivity index (χ1v) is 8.79. The average molecular weight is 366 g/mol. The Morgan fingerprint density at radius 2 is 1.89 bits per heavy atom. The molecule has 138 valence electrons. The maximum absolute atomic E-state index is 12.7. The summed E-state index contributed by atoms with van der Waals surface area (Å²) in [5, 5.41) is 0. The van der Waals surface area contributed by atoms with Crippen LogP contribution < -0.4 is 4.74 Å². The van der Waals surface area contributed by atoms with Gasteiger partial charge in [-0.3, -0.25) is 24.3 Å². The molecule has 1 unspecified atom stereocenters. The fourth-order valence-electron chi connectivity index (χ4n) is 3.40. The van der Waals surface area contributed by atoms with E-state index in [-0.39, 0.29) is 18.6 Å². The summed E-state index contributed by atoms with van der Waals surface area (Å²) < 4.78 is 5.78. The van der Waals surface area contributed by atoms with Crippen molar-refractivity contribution in [3.8, 4) is 5.88 Å². The summed E-state index contributed by atoms with van der Waals surface area (Å²) >= 11 is 0. The van der Waals surface area contributed by atoms with Gasteiger partial charge in [-0.25, -0.2) is 4.98 Å². The average Bonchev–Trinajstić information content (AvgIpc) is 2.94. The zero-order valence-electron chi connectivity index (χ0n) is 14.6. The maximum Gasteiger partial charge on any atom is 0.262 e. The minimum atomic E-state index is -0.423. The van der Waals surface area contributed by atoms with Gasteiger partial charge < -0.3 is 9.64 Å². The minimum Gasteiger partial charge on any atom is -0.471 e. The topological polar surface area (TPSA) is 92.7 Å². The number of nitrogens with zero attached hydrogens (tertiary/aromatic N) is 4. The molecule has 1 fully saturated rings. The number of hydrogen-bond acceptors (Lipinski definition) is 6. The highest BCUT2D eigenvalue weighted by atomic mass is 16.5. The van der Waals surface area contributed by atoms with E-state index in [1.807, 2.05) is 0 Å². The molecule has 8 heteroatoms. The van der Waals surface area contributed by atoms with Crippen LogP contribution in [0.3, 0.4) is 0 Å². The Labute approximate surface area is 155 Å². The van der Waals surface area contributed by atoms with E-state index in [1.165, 1.54) is 6.20 Å². The molecule has 3 amide bonds. The highest BCUT2D eigenvalue weighted by Gasteiger charge is 2.37. The number of benzene rings is 1. The third-order valence-electron chi connectivity index (χ3n) is 4.73. The van der Waals surface area contributed by atoms with Gasteiger partial charge >= 0.3 is 0 Å². The van der Waals surface area contributed by atoms with Crippen molar-refractivity contribution in [3.05, 3.63) is 54.0 Å². The van der Waals surface area contributed by atoms with E-state index in [2.05, 4.69) is 9.97 Å². The first-order valence-electron chi connectivity index (χ1n) is 8.79. The lowest BCUT2D eigenvalue weighted by molar-refractivity contribution is -0.134. The van der Waals surface area contributed by atoms with Gasteiger partial charge in [0.25, 0.3) is 11.8 Å². The van der Waals surface area contributed by atoms with Gasteiger partial charge in [-0.15, -0.1) is 0 Å². The molecule has 2 aromatic rings. The fraction of sp³-hybridized carbons (Fsp3) is 0.316. The van der Waals surface area contributed by atoms with E-state index < -0.39 is 11.8 Å². The Morgan fingerprint density at radius 3 is 2.56 bits per heavy atom. The molecule has 0 radical (unpaired) electrons. The molecule has 1 aromatic carbocycles. The Morgan fingerprint density at radius 1 is 1.15 bits per heavy atom. The predicted molar refractivity (Wildman–Crippen MR) is 94.1 cm³/mol. The molecule has 3 heterocycles. The third kappa shape index (κ3) is 3.38. The second-order valence-electron chi connectivity index (χ2n) is 6.51. The summed E-state index contributed by atoms with van der Waals surface area (Å²) in [6.07, 6.45) is 6.02. The molecular formula is C19H18N4O4. The number of fused-ring (bicyclic) bond motifs is 1. The molecule has 1 atom stereocenters. The standard InChI is InChI=1S/C19H18N4O4/c24-17(12-23-18(25)14-5-1-2-6-15(14)19(23)26)22-9-3-4-13(11-22)27-16-10-20-7-8-21-16/h1-2,5-8,10,13H,3-4,9,11-12H2. The number of amides is 3. The van der Waals surface area contributed by atoms with Gasteiger partial charge in [0.2, 0.25) is 11.8 Å². The number of piperidine rings is 1. The van der Waals surface area contributed by atoms with Crippen LogP contribution in [0.4, 0.5) is 0 Å². The summed E-state index contributed by atoms with van der Waals surface area (Å²) in [4.78, 5) is 48.2. The number of ether oxygens (including phenoxy) is 1. The van der Waals surface area contributed by atoms with Crippen LogP contribution in [0.5, 0.6) is 5.88 Å². The van der Waals surface area contributed by atoms with E-state index in [0.29, 0.717) is 30.1 Å². The largest absolute Gasteiger partial charge is 0.471 e. The van der Waals surface area contributed by atoms with Crippen molar-refractivity contribution in [2.24, 2.45) is 0 Å². The van der Waals surface area contributed by atoms with Crippen molar-refractivity contribution in [1.29, 1.82) is 0 Å². The number of aromatic nitrogens is 2. The zero-order chi connectivity index (χ0) is 18.8. The first kappa shape index (κ1) is 17.1. The van der Waals surface area contributed by atoms with Crippen molar-refractivity contribution in [3.63, 3.8) is 0 Å². The van der Waals surface area contributed by atoms with Crippen LogP contribution in [-0.2, 0) is 4.79 Å². The van der Waals surface area contributed by atoms with E-state index in [1.54, 1.807) is 41.6 Å². The van der Waals surface area contributed by atoms with Crippen LogP contribution in [0.15, 0.2) is 42.9 Å². The van der Waals surface area contributed by atoms with Gasteiger partial charge in [-0.1, -0.05) is 12.1 Å². The Hall–Kier alpha value is -3.29. The molecular weight excluding hydrogens is 348 g/mol. The van der Waals surface area contributed by atoms with Crippen LogP contribution in [0.2, 0.25) is 0 Å². The molecule has 0 N–H and O–H groups in total. The van der Waals surface area contributed by atoms with Gasteiger partial charge in [-0.05, 0) is 25.0 Å². The molecule has 8 nitrogen and oxygen atoms in total. The molecule has 27 heavy (non-hydrogen) atoms. The van der Waals surface area contributed by atoms with Crippen LogP contribution >= 0.6 is 0 Å². The lowest BCUT2D eigenvalue weighted by Crippen LogP contribution is -2.49. The lowest BCUT2D eigenvalue weighted by atomic mass is 10.1. The fourth-order valence-corrected chi connectivity index (χ4v) is 3.40. The summed E-state index contributed by atoms with van der Waals surface area (Å²) in [6.45, 7) is 0.700. The maximum atomic E-state index is 12.7. The molecule has 2 aliphatic rings. The van der Waals surface area contributed by atoms with Gasteiger partial charge in [0.15, 0.2) is 0 Å². The molecule has 2 aliphatic heterocycles. The van der Waals surface area contributed by atoms with E-state index in [9.17, 15) is 14.4 Å². The molecule has 0 spiro atoms. The summed E-state index contributed by atoms with van der Waals surface area (Å²) in [5.74, 6) is -0.698. The molecule has 0 aliphatic carbocycles. The molecule has 1 aromatic heterocycles. The summed E-state index contributed by atoms with van der Waals surface area (Å²) in [6, 6.07) is 6.61. The SMILES string of the molecule is O=C(CN1C(=O)c2ccccc2C1=O)N1CCCC(Oc2cnccn2)C1. The Balaban J connectivity index is 1.40. The number of carbonyl (C=O) groups excluding carboxylic acids is 3. The van der Waals surface area contributed by atoms with E-state index >= 15 is 0 Å². The van der Waals surface area contributed by atoms with Crippen molar-refractivity contribution >= 4 is 17.7 Å². The molecule has 1 saturated heterocycles. The van der Waals surface area contributed by atoms with Gasteiger partial charge in [-0.2, -0.15) is 0 Å². The first-order chi connectivity index (χ1) is 13.1. The van der Waals surface area contributed by atoms with Crippen LogP contribution in [0.25, 0.3) is 0 Å². The van der Waals surface area contributed by atoms with Crippen LogP contribution in [0, 0.1) is 0 Å². The molecule has 4 rings (SSSR count). The zero-order valence-corrected chi connectivity index (χ0v) is 14.6. The highest BCUT2D eigenvalue weighted by Crippen LogP contribution is 2.23. The Kier molecular flexibility index (Phi) is 4.53. The van der Waals surface area contributed by atoms with Crippen molar-refractivity contribution in [2.75, 3.05) is 19.6 Å². The molecule has 0 bridgehead atoms. The number of likely N-dealkylation sites (tertiary alicyclic amines) is 1. The van der Waals surface area contributed by atoms with Crippen molar-refractivity contribution in [2.45, 2.75) is 18.9 Å². The summed E-state index contributed by atoms with van der Waals surface area (Å²) in [5.41, 5.74) is 0.690. The number of rotatable bonds is 4.